The van der Waals surface area contributed by atoms with Gasteiger partial charge in [0.15, 0.2) is 0 Å². The summed E-state index contributed by atoms with van der Waals surface area (Å²) < 4.78 is 55.4. The van der Waals surface area contributed by atoms with E-state index in [0.29, 0.717) is 0 Å². The molecule has 1 aliphatic heterocycles. The molecule has 1 aliphatic rings. The minimum atomic E-state index is -3.88. The summed E-state index contributed by atoms with van der Waals surface area (Å²) in [5.74, 6) is -0.639. The molecule has 33 heavy (non-hydrogen) atoms. The standard InChI is InChI=1S/C23H31N3O5S2/c1-17(2)22(24-32(28,29)20-9-5-18(3)6-10-20)23(27)25-13-15-26(16-14-25)33(30,31)21-11-7-19(4)8-12-21/h5-12,17,22,24H,13-16H2,1-4H3/t22-/m0/s1. The zero-order valence-electron chi connectivity index (χ0n) is 19.4. The molecule has 0 radical (unpaired) electrons. The van der Waals surface area contributed by atoms with E-state index in [1.54, 1.807) is 50.2 Å². The SMILES string of the molecule is Cc1ccc(S(=O)(=O)N[C@H](C(=O)N2CCN(S(=O)(=O)c3ccc(C)cc3)CC2)C(C)C)cc1. The Morgan fingerprint density at radius 1 is 0.788 bits per heavy atom. The molecule has 0 unspecified atom stereocenters. The van der Waals surface area contributed by atoms with Gasteiger partial charge in [0.25, 0.3) is 0 Å². The number of carbonyl (C=O) groups is 1. The molecule has 0 aromatic heterocycles. The van der Waals surface area contributed by atoms with Gasteiger partial charge in [0, 0.05) is 26.2 Å². The van der Waals surface area contributed by atoms with Gasteiger partial charge >= 0.3 is 0 Å². The molecule has 2 aromatic carbocycles. The van der Waals surface area contributed by atoms with Crippen LogP contribution in [0.3, 0.4) is 0 Å². The van der Waals surface area contributed by atoms with Crippen LogP contribution in [0.15, 0.2) is 58.3 Å². The molecule has 3 rings (SSSR count). The van der Waals surface area contributed by atoms with Gasteiger partial charge in [-0.25, -0.2) is 16.8 Å². The number of amides is 1. The van der Waals surface area contributed by atoms with Gasteiger partial charge < -0.3 is 4.90 Å². The number of benzene rings is 2. The fraction of sp³-hybridized carbons (Fsp3) is 0.435. The second-order valence-electron chi connectivity index (χ2n) is 8.70. The van der Waals surface area contributed by atoms with Crippen molar-refractivity contribution < 1.29 is 21.6 Å². The molecule has 1 saturated heterocycles. The summed E-state index contributed by atoms with van der Waals surface area (Å²) in [5.41, 5.74) is 1.90. The van der Waals surface area contributed by atoms with E-state index in [4.69, 9.17) is 0 Å². The lowest BCUT2D eigenvalue weighted by molar-refractivity contribution is -0.135. The van der Waals surface area contributed by atoms with Crippen LogP contribution < -0.4 is 4.72 Å². The highest BCUT2D eigenvalue weighted by atomic mass is 32.2. The van der Waals surface area contributed by atoms with E-state index in [2.05, 4.69) is 4.72 Å². The Hall–Kier alpha value is -2.27. The lowest BCUT2D eigenvalue weighted by Gasteiger charge is -2.36. The van der Waals surface area contributed by atoms with Crippen molar-refractivity contribution in [2.24, 2.45) is 5.92 Å². The average Bonchev–Trinajstić information content (AvgIpc) is 2.77. The first-order valence-electron chi connectivity index (χ1n) is 10.9. The van der Waals surface area contributed by atoms with Crippen LogP contribution in [0.5, 0.6) is 0 Å². The van der Waals surface area contributed by atoms with Gasteiger partial charge in [-0.1, -0.05) is 49.2 Å². The molecule has 1 fully saturated rings. The topological polar surface area (TPSA) is 104 Å². The first-order valence-corrected chi connectivity index (χ1v) is 13.8. The second-order valence-corrected chi connectivity index (χ2v) is 12.4. The van der Waals surface area contributed by atoms with E-state index >= 15 is 0 Å². The number of aryl methyl sites for hydroxylation is 2. The normalized spacial score (nSPS) is 16.7. The molecule has 10 heteroatoms. The van der Waals surface area contributed by atoms with Crippen molar-refractivity contribution in [3.05, 3.63) is 59.7 Å². The first kappa shape index (κ1) is 25.4. The molecule has 8 nitrogen and oxygen atoms in total. The maximum atomic E-state index is 13.2. The quantitative estimate of drug-likeness (QED) is 0.637. The van der Waals surface area contributed by atoms with Gasteiger partial charge in [0.05, 0.1) is 9.79 Å². The highest BCUT2D eigenvalue weighted by Crippen LogP contribution is 2.20. The Kier molecular flexibility index (Phi) is 7.62. The number of rotatable bonds is 7. The number of sulfonamides is 2. The largest absolute Gasteiger partial charge is 0.339 e. The number of nitrogens with zero attached hydrogens (tertiary/aromatic N) is 2. The molecule has 1 heterocycles. The van der Waals surface area contributed by atoms with Crippen LogP contribution in [0.2, 0.25) is 0 Å². The number of nitrogens with one attached hydrogen (secondary N) is 1. The van der Waals surface area contributed by atoms with Crippen LogP contribution in [-0.4, -0.2) is 64.2 Å². The summed E-state index contributed by atoms with van der Waals surface area (Å²) in [4.78, 5) is 15.0. The van der Waals surface area contributed by atoms with E-state index in [0.717, 1.165) is 11.1 Å². The van der Waals surface area contributed by atoms with Crippen molar-refractivity contribution in [1.82, 2.24) is 13.9 Å². The first-order chi connectivity index (χ1) is 15.4. The van der Waals surface area contributed by atoms with E-state index in [1.165, 1.54) is 21.3 Å². The molecule has 1 atom stereocenters. The van der Waals surface area contributed by atoms with Crippen molar-refractivity contribution in [3.63, 3.8) is 0 Å². The van der Waals surface area contributed by atoms with E-state index in [-0.39, 0.29) is 47.8 Å². The van der Waals surface area contributed by atoms with Gasteiger partial charge in [-0.05, 0) is 44.0 Å². The van der Waals surface area contributed by atoms with Crippen LogP contribution in [-0.2, 0) is 24.8 Å². The Morgan fingerprint density at radius 2 is 1.24 bits per heavy atom. The van der Waals surface area contributed by atoms with Gasteiger partial charge in [0.2, 0.25) is 26.0 Å². The smallest absolute Gasteiger partial charge is 0.243 e. The third kappa shape index (κ3) is 5.81. The molecule has 1 N–H and O–H groups in total. The Labute approximate surface area is 196 Å². The lowest BCUT2D eigenvalue weighted by atomic mass is 10.0. The van der Waals surface area contributed by atoms with Gasteiger partial charge in [-0.15, -0.1) is 0 Å². The number of carbonyl (C=O) groups excluding carboxylic acids is 1. The minimum Gasteiger partial charge on any atom is -0.339 e. The zero-order valence-corrected chi connectivity index (χ0v) is 21.0. The van der Waals surface area contributed by atoms with Crippen LogP contribution >= 0.6 is 0 Å². The second kappa shape index (κ2) is 9.92. The summed E-state index contributed by atoms with van der Waals surface area (Å²) in [5, 5.41) is 0. The lowest BCUT2D eigenvalue weighted by Crippen LogP contribution is -2.57. The van der Waals surface area contributed by atoms with Crippen molar-refractivity contribution in [3.8, 4) is 0 Å². The highest BCUT2D eigenvalue weighted by Gasteiger charge is 2.35. The Bertz CT molecular complexity index is 1180. The predicted molar refractivity (Wildman–Crippen MR) is 127 cm³/mol. The van der Waals surface area contributed by atoms with E-state index < -0.39 is 26.1 Å². The summed E-state index contributed by atoms with van der Waals surface area (Å²) in [6, 6.07) is 12.1. The predicted octanol–water partition coefficient (Wildman–Crippen LogP) is 2.14. The molecule has 0 saturated carbocycles. The molecule has 0 aliphatic carbocycles. The van der Waals surface area contributed by atoms with Crippen molar-refractivity contribution in [1.29, 1.82) is 0 Å². The monoisotopic (exact) mass is 493 g/mol. The third-order valence-corrected chi connectivity index (χ3v) is 9.13. The highest BCUT2D eigenvalue weighted by molar-refractivity contribution is 7.89. The summed E-state index contributed by atoms with van der Waals surface area (Å²) in [6.45, 7) is 7.99. The Balaban J connectivity index is 1.69. The zero-order chi connectivity index (χ0) is 24.4. The van der Waals surface area contributed by atoms with Gasteiger partial charge in [0.1, 0.15) is 6.04 Å². The number of piperazine rings is 1. The van der Waals surface area contributed by atoms with Crippen molar-refractivity contribution >= 4 is 26.0 Å². The van der Waals surface area contributed by atoms with Crippen molar-refractivity contribution in [2.45, 2.75) is 43.5 Å². The summed E-state index contributed by atoms with van der Waals surface area (Å²) >= 11 is 0. The summed E-state index contributed by atoms with van der Waals surface area (Å²) in [6.07, 6.45) is 0. The van der Waals surface area contributed by atoms with Crippen LogP contribution in [0.4, 0.5) is 0 Å². The van der Waals surface area contributed by atoms with E-state index in [9.17, 15) is 21.6 Å². The number of hydrogen-bond donors (Lipinski definition) is 1. The maximum absolute atomic E-state index is 13.2. The number of hydrogen-bond acceptors (Lipinski definition) is 5. The fourth-order valence-corrected chi connectivity index (χ4v) is 6.39. The Morgan fingerprint density at radius 3 is 1.70 bits per heavy atom. The average molecular weight is 494 g/mol. The molecular formula is C23H31N3O5S2. The van der Waals surface area contributed by atoms with Crippen LogP contribution in [0, 0.1) is 19.8 Å². The van der Waals surface area contributed by atoms with Gasteiger partial charge in [-0.3, -0.25) is 4.79 Å². The fourth-order valence-electron chi connectivity index (χ4n) is 3.63. The van der Waals surface area contributed by atoms with Crippen LogP contribution in [0.1, 0.15) is 25.0 Å². The molecule has 180 valence electrons. The van der Waals surface area contributed by atoms with Crippen LogP contribution in [0.25, 0.3) is 0 Å². The molecular weight excluding hydrogens is 462 g/mol. The molecule has 0 spiro atoms. The van der Waals surface area contributed by atoms with Gasteiger partial charge in [-0.2, -0.15) is 9.03 Å². The third-order valence-electron chi connectivity index (χ3n) is 5.76. The van der Waals surface area contributed by atoms with Crippen molar-refractivity contribution in [2.75, 3.05) is 26.2 Å². The van der Waals surface area contributed by atoms with E-state index in [1.807, 2.05) is 13.8 Å². The minimum absolute atomic E-state index is 0.0977. The molecule has 1 amide bonds. The summed E-state index contributed by atoms with van der Waals surface area (Å²) in [7, 11) is -7.53. The molecule has 0 bridgehead atoms. The molecule has 2 aromatic rings. The maximum Gasteiger partial charge on any atom is 0.243 e.